The van der Waals surface area contributed by atoms with Crippen LogP contribution in [-0.4, -0.2) is 33.9 Å². The first-order valence-electron chi connectivity index (χ1n) is 8.49. The van der Waals surface area contributed by atoms with Crippen molar-refractivity contribution in [1.29, 1.82) is 0 Å². The van der Waals surface area contributed by atoms with Crippen molar-refractivity contribution >= 4 is 27.3 Å². The van der Waals surface area contributed by atoms with Crippen molar-refractivity contribution in [3.05, 3.63) is 47.5 Å². The van der Waals surface area contributed by atoms with E-state index in [-0.39, 0.29) is 25.7 Å². The lowest BCUT2D eigenvalue weighted by atomic mass is 10.1. The molecule has 1 aliphatic rings. The molecule has 2 aromatic carbocycles. The number of amides is 1. The van der Waals surface area contributed by atoms with Crippen molar-refractivity contribution < 1.29 is 22.7 Å². The second-order valence-electron chi connectivity index (χ2n) is 6.42. The molecule has 0 radical (unpaired) electrons. The number of carbonyl (C=O) groups excluding carboxylic acids is 1. The van der Waals surface area contributed by atoms with E-state index >= 15 is 0 Å². The number of ether oxygens (including phenoxy) is 2. The van der Waals surface area contributed by atoms with Gasteiger partial charge in [0.15, 0.2) is 11.5 Å². The maximum atomic E-state index is 12.3. The number of sulfonamides is 1. The number of hydrogen-bond acceptors (Lipinski definition) is 5. The molecule has 2 aromatic rings. The Morgan fingerprint density at radius 2 is 1.89 bits per heavy atom. The number of fused-ring (bicyclic) bond motifs is 1. The normalized spacial score (nSPS) is 12.7. The summed E-state index contributed by atoms with van der Waals surface area (Å²) in [5, 5.41) is 2.76. The number of anilines is 2. The second-order valence-corrected chi connectivity index (χ2v) is 8.33. The van der Waals surface area contributed by atoms with E-state index in [1.165, 1.54) is 4.31 Å². The van der Waals surface area contributed by atoms with Crippen LogP contribution in [0.25, 0.3) is 0 Å². The number of hydrogen-bond donors (Lipinski definition) is 1. The standard InChI is InChI=1S/C19H22N2O5S/c1-13-5-4-6-16(14(13)2)21(27(3,23)24)10-9-19(22)20-15-7-8-17-18(11-15)26-12-25-17/h4-8,11H,9-10,12H2,1-3H3,(H,20,22). The first kappa shape index (κ1) is 19.0. The van der Waals surface area contributed by atoms with Crippen LogP contribution >= 0.6 is 0 Å². The topological polar surface area (TPSA) is 84.9 Å². The van der Waals surface area contributed by atoms with Gasteiger partial charge >= 0.3 is 0 Å². The third-order valence-electron chi connectivity index (χ3n) is 4.44. The molecule has 0 saturated carbocycles. The third-order valence-corrected chi connectivity index (χ3v) is 5.62. The monoisotopic (exact) mass is 390 g/mol. The zero-order chi connectivity index (χ0) is 19.6. The van der Waals surface area contributed by atoms with Gasteiger partial charge in [-0.2, -0.15) is 0 Å². The predicted molar refractivity (Wildman–Crippen MR) is 104 cm³/mol. The van der Waals surface area contributed by atoms with Crippen LogP contribution in [0.5, 0.6) is 11.5 Å². The molecule has 1 amide bonds. The quantitative estimate of drug-likeness (QED) is 0.820. The van der Waals surface area contributed by atoms with Gasteiger partial charge in [-0.15, -0.1) is 0 Å². The Morgan fingerprint density at radius 1 is 1.15 bits per heavy atom. The first-order chi connectivity index (χ1) is 12.8. The van der Waals surface area contributed by atoms with Gasteiger partial charge in [-0.25, -0.2) is 8.42 Å². The summed E-state index contributed by atoms with van der Waals surface area (Å²) in [5.41, 5.74) is 3.03. The average Bonchev–Trinajstić information content (AvgIpc) is 3.05. The van der Waals surface area contributed by atoms with Crippen LogP contribution in [-0.2, 0) is 14.8 Å². The minimum atomic E-state index is -3.52. The van der Waals surface area contributed by atoms with Gasteiger partial charge in [-0.1, -0.05) is 12.1 Å². The van der Waals surface area contributed by atoms with E-state index in [0.29, 0.717) is 22.9 Å². The average molecular weight is 390 g/mol. The van der Waals surface area contributed by atoms with Crippen LogP contribution in [0, 0.1) is 13.8 Å². The molecule has 0 saturated heterocycles. The molecule has 7 nitrogen and oxygen atoms in total. The maximum Gasteiger partial charge on any atom is 0.232 e. The van der Waals surface area contributed by atoms with Crippen molar-refractivity contribution in [2.45, 2.75) is 20.3 Å². The fourth-order valence-electron chi connectivity index (χ4n) is 2.87. The number of benzene rings is 2. The highest BCUT2D eigenvalue weighted by atomic mass is 32.2. The molecule has 0 aromatic heterocycles. The zero-order valence-electron chi connectivity index (χ0n) is 15.5. The minimum Gasteiger partial charge on any atom is -0.454 e. The Kier molecular flexibility index (Phi) is 5.27. The summed E-state index contributed by atoms with van der Waals surface area (Å²) in [4.78, 5) is 12.3. The maximum absolute atomic E-state index is 12.3. The van der Waals surface area contributed by atoms with Gasteiger partial charge in [0.1, 0.15) is 0 Å². The Hall–Kier alpha value is -2.74. The molecule has 0 bridgehead atoms. The zero-order valence-corrected chi connectivity index (χ0v) is 16.3. The van der Waals surface area contributed by atoms with E-state index in [4.69, 9.17) is 9.47 Å². The van der Waals surface area contributed by atoms with E-state index in [1.807, 2.05) is 26.0 Å². The SMILES string of the molecule is Cc1cccc(N(CCC(=O)Nc2ccc3c(c2)OCO3)S(C)(=O)=O)c1C. The number of nitrogens with zero attached hydrogens (tertiary/aromatic N) is 1. The van der Waals surface area contributed by atoms with Crippen LogP contribution < -0.4 is 19.1 Å². The summed E-state index contributed by atoms with van der Waals surface area (Å²) in [6.07, 6.45) is 1.17. The van der Waals surface area contributed by atoms with Crippen molar-refractivity contribution in [1.82, 2.24) is 0 Å². The van der Waals surface area contributed by atoms with Gasteiger partial charge in [0.05, 0.1) is 11.9 Å². The van der Waals surface area contributed by atoms with E-state index in [2.05, 4.69) is 5.32 Å². The van der Waals surface area contributed by atoms with E-state index < -0.39 is 10.0 Å². The fourth-order valence-corrected chi connectivity index (χ4v) is 3.85. The summed E-state index contributed by atoms with van der Waals surface area (Å²) >= 11 is 0. The second kappa shape index (κ2) is 7.48. The third kappa shape index (κ3) is 4.33. The van der Waals surface area contributed by atoms with E-state index in [9.17, 15) is 13.2 Å². The smallest absolute Gasteiger partial charge is 0.232 e. The summed E-state index contributed by atoms with van der Waals surface area (Å²) in [5.74, 6) is 0.917. The molecule has 0 fully saturated rings. The van der Waals surface area contributed by atoms with E-state index in [0.717, 1.165) is 17.4 Å². The highest BCUT2D eigenvalue weighted by Gasteiger charge is 2.21. The molecule has 0 atom stereocenters. The largest absolute Gasteiger partial charge is 0.454 e. The molecule has 1 aliphatic heterocycles. The Labute approximate surface area is 158 Å². The van der Waals surface area contributed by atoms with Crippen molar-refractivity contribution in [3.8, 4) is 11.5 Å². The van der Waals surface area contributed by atoms with Crippen LogP contribution in [0.2, 0.25) is 0 Å². The number of aryl methyl sites for hydroxylation is 1. The summed E-state index contributed by atoms with van der Waals surface area (Å²) in [7, 11) is -3.52. The summed E-state index contributed by atoms with van der Waals surface area (Å²) in [6, 6.07) is 10.6. The van der Waals surface area contributed by atoms with Gasteiger partial charge in [0.25, 0.3) is 0 Å². The molecule has 0 unspecified atom stereocenters. The molecular weight excluding hydrogens is 368 g/mol. The Bertz CT molecular complexity index is 972. The highest BCUT2D eigenvalue weighted by Crippen LogP contribution is 2.34. The van der Waals surface area contributed by atoms with E-state index in [1.54, 1.807) is 24.3 Å². The first-order valence-corrected chi connectivity index (χ1v) is 10.3. The molecular formula is C19H22N2O5S. The lowest BCUT2D eigenvalue weighted by Gasteiger charge is -2.24. The molecule has 1 heterocycles. The van der Waals surface area contributed by atoms with Crippen LogP contribution in [0.4, 0.5) is 11.4 Å². The van der Waals surface area contributed by atoms with Gasteiger partial charge in [0.2, 0.25) is 22.7 Å². The molecule has 0 spiro atoms. The van der Waals surface area contributed by atoms with Gasteiger partial charge < -0.3 is 14.8 Å². The molecule has 8 heteroatoms. The molecule has 3 rings (SSSR count). The van der Waals surface area contributed by atoms with Gasteiger partial charge in [0, 0.05) is 24.7 Å². The predicted octanol–water partition coefficient (Wildman–Crippen LogP) is 2.83. The van der Waals surface area contributed by atoms with Crippen LogP contribution in [0.3, 0.4) is 0 Å². The van der Waals surface area contributed by atoms with Crippen LogP contribution in [0.1, 0.15) is 17.5 Å². The Balaban J connectivity index is 1.70. The minimum absolute atomic E-state index is 0.0227. The lowest BCUT2D eigenvalue weighted by molar-refractivity contribution is -0.116. The molecule has 1 N–H and O–H groups in total. The van der Waals surface area contributed by atoms with Crippen molar-refractivity contribution in [2.24, 2.45) is 0 Å². The Morgan fingerprint density at radius 3 is 2.63 bits per heavy atom. The molecule has 0 aliphatic carbocycles. The van der Waals surface area contributed by atoms with Gasteiger partial charge in [-0.3, -0.25) is 9.10 Å². The number of nitrogens with one attached hydrogen (secondary N) is 1. The number of carbonyl (C=O) groups is 1. The summed E-state index contributed by atoms with van der Waals surface area (Å²) in [6.45, 7) is 4.01. The molecule has 144 valence electrons. The van der Waals surface area contributed by atoms with Crippen molar-refractivity contribution in [3.63, 3.8) is 0 Å². The van der Waals surface area contributed by atoms with Crippen molar-refractivity contribution in [2.75, 3.05) is 29.2 Å². The molecule has 27 heavy (non-hydrogen) atoms. The summed E-state index contributed by atoms with van der Waals surface area (Å²) < 4.78 is 36.3. The van der Waals surface area contributed by atoms with Gasteiger partial charge in [-0.05, 0) is 43.2 Å². The fraction of sp³-hybridized carbons (Fsp3) is 0.316. The highest BCUT2D eigenvalue weighted by molar-refractivity contribution is 7.92. The lowest BCUT2D eigenvalue weighted by Crippen LogP contribution is -2.33. The van der Waals surface area contributed by atoms with Crippen LogP contribution in [0.15, 0.2) is 36.4 Å². The number of rotatable bonds is 6.